The Morgan fingerprint density at radius 1 is 1.10 bits per heavy atom. The molecule has 0 aliphatic rings. The highest BCUT2D eigenvalue weighted by Crippen LogP contribution is 2.13. The summed E-state index contributed by atoms with van der Waals surface area (Å²) in [6, 6.07) is 12.1. The fourth-order valence-electron chi connectivity index (χ4n) is 1.79. The Balaban J connectivity index is 1.84. The number of carbonyl (C=O) groups is 2. The molecule has 0 bridgehead atoms. The van der Waals surface area contributed by atoms with Crippen LogP contribution in [0.25, 0.3) is 0 Å². The third-order valence-electron chi connectivity index (χ3n) is 2.92. The number of ether oxygens (including phenoxy) is 1. The third-order valence-corrected chi connectivity index (χ3v) is 2.92. The Hall–Kier alpha value is -2.69. The van der Waals surface area contributed by atoms with Crippen LogP contribution in [0.4, 0.5) is 5.82 Å². The number of Topliss-reactive ketones (excluding diaryl/α,β-unsaturated/α-hetero) is 1. The molecular formula is C16H16N2O3. The molecule has 1 aromatic heterocycles. The lowest BCUT2D eigenvalue weighted by molar-refractivity contribution is -0.116. The van der Waals surface area contributed by atoms with Crippen LogP contribution in [0.3, 0.4) is 0 Å². The maximum atomic E-state index is 12.0. The molecule has 108 valence electrons. The van der Waals surface area contributed by atoms with Crippen LogP contribution in [0.5, 0.6) is 5.75 Å². The summed E-state index contributed by atoms with van der Waals surface area (Å²) in [5.41, 5.74) is 0.571. The van der Waals surface area contributed by atoms with Crippen LogP contribution >= 0.6 is 0 Å². The monoisotopic (exact) mass is 284 g/mol. The number of benzene rings is 1. The van der Waals surface area contributed by atoms with E-state index in [1.165, 1.54) is 0 Å². The molecule has 5 nitrogen and oxygen atoms in total. The summed E-state index contributed by atoms with van der Waals surface area (Å²) in [6.07, 6.45) is 1.88. The fraction of sp³-hybridized carbons (Fsp3) is 0.188. The van der Waals surface area contributed by atoms with Gasteiger partial charge in [-0.2, -0.15) is 0 Å². The molecule has 21 heavy (non-hydrogen) atoms. The topological polar surface area (TPSA) is 68.3 Å². The number of ketones is 1. The van der Waals surface area contributed by atoms with Gasteiger partial charge in [0.15, 0.2) is 5.78 Å². The number of carbonyl (C=O) groups excluding carboxylic acids is 2. The van der Waals surface area contributed by atoms with Gasteiger partial charge < -0.3 is 10.1 Å². The zero-order valence-corrected chi connectivity index (χ0v) is 11.7. The number of pyridine rings is 1. The summed E-state index contributed by atoms with van der Waals surface area (Å²) in [5.74, 6) is 0.878. The highest BCUT2D eigenvalue weighted by molar-refractivity contribution is 5.99. The second-order valence-corrected chi connectivity index (χ2v) is 4.41. The van der Waals surface area contributed by atoms with Crippen molar-refractivity contribution >= 4 is 17.5 Å². The molecule has 0 radical (unpaired) electrons. The van der Waals surface area contributed by atoms with Gasteiger partial charge in [-0.3, -0.25) is 9.59 Å². The van der Waals surface area contributed by atoms with Gasteiger partial charge in [-0.25, -0.2) is 4.98 Å². The zero-order valence-electron chi connectivity index (χ0n) is 11.7. The van der Waals surface area contributed by atoms with Gasteiger partial charge in [0.2, 0.25) is 5.91 Å². The minimum absolute atomic E-state index is 0.0752. The molecule has 0 fully saturated rings. The average molecular weight is 284 g/mol. The number of anilines is 1. The van der Waals surface area contributed by atoms with Gasteiger partial charge in [0, 0.05) is 24.6 Å². The van der Waals surface area contributed by atoms with Crippen molar-refractivity contribution in [3.05, 3.63) is 54.2 Å². The first-order valence-corrected chi connectivity index (χ1v) is 6.57. The predicted molar refractivity (Wildman–Crippen MR) is 79.4 cm³/mol. The molecule has 0 saturated heterocycles. The van der Waals surface area contributed by atoms with Crippen LogP contribution in [0.2, 0.25) is 0 Å². The average Bonchev–Trinajstić information content (AvgIpc) is 2.53. The van der Waals surface area contributed by atoms with Crippen LogP contribution in [0.1, 0.15) is 23.2 Å². The Bertz CT molecular complexity index is 609. The Morgan fingerprint density at radius 2 is 1.86 bits per heavy atom. The number of aromatic nitrogens is 1. The molecule has 0 saturated carbocycles. The third kappa shape index (κ3) is 4.42. The summed E-state index contributed by atoms with van der Waals surface area (Å²) in [7, 11) is 1.57. The largest absolute Gasteiger partial charge is 0.497 e. The molecule has 2 aromatic rings. The summed E-state index contributed by atoms with van der Waals surface area (Å²) < 4.78 is 5.03. The van der Waals surface area contributed by atoms with Crippen LogP contribution in [0.15, 0.2) is 48.7 Å². The summed E-state index contributed by atoms with van der Waals surface area (Å²) in [4.78, 5) is 27.7. The minimum Gasteiger partial charge on any atom is -0.497 e. The first kappa shape index (κ1) is 14.7. The number of nitrogens with zero attached hydrogens (tertiary/aromatic N) is 1. The highest BCUT2D eigenvalue weighted by Gasteiger charge is 2.10. The van der Waals surface area contributed by atoms with Crippen molar-refractivity contribution in [1.29, 1.82) is 0 Å². The number of nitrogens with one attached hydrogen (secondary N) is 1. The molecule has 1 aromatic carbocycles. The SMILES string of the molecule is COc1ccc(C(=O)CCC(=O)Nc2ccccn2)cc1. The standard InChI is InChI=1S/C16H16N2O3/c1-21-13-7-5-12(6-8-13)14(19)9-10-16(20)18-15-4-2-3-11-17-15/h2-8,11H,9-10H2,1H3,(H,17,18,20). The molecule has 0 aliphatic carbocycles. The fourth-order valence-corrected chi connectivity index (χ4v) is 1.79. The van der Waals surface area contributed by atoms with E-state index in [1.807, 2.05) is 0 Å². The molecule has 1 N–H and O–H groups in total. The van der Waals surface area contributed by atoms with E-state index in [-0.39, 0.29) is 24.5 Å². The van der Waals surface area contributed by atoms with Gasteiger partial charge in [0.05, 0.1) is 7.11 Å². The van der Waals surface area contributed by atoms with Crippen LogP contribution in [0, 0.1) is 0 Å². The van der Waals surface area contributed by atoms with Crippen molar-refractivity contribution in [1.82, 2.24) is 4.98 Å². The normalized spacial score (nSPS) is 9.95. The van der Waals surface area contributed by atoms with E-state index in [2.05, 4.69) is 10.3 Å². The second kappa shape index (κ2) is 7.19. The molecule has 2 rings (SSSR count). The van der Waals surface area contributed by atoms with Gasteiger partial charge in [0.25, 0.3) is 0 Å². The Kier molecular flexibility index (Phi) is 5.04. The van der Waals surface area contributed by atoms with E-state index in [9.17, 15) is 9.59 Å². The van der Waals surface area contributed by atoms with Crippen LogP contribution in [-0.4, -0.2) is 23.8 Å². The summed E-state index contributed by atoms with van der Waals surface area (Å²) >= 11 is 0. The van der Waals surface area contributed by atoms with E-state index in [1.54, 1.807) is 55.8 Å². The Labute approximate surface area is 123 Å². The van der Waals surface area contributed by atoms with Crippen molar-refractivity contribution in [3.63, 3.8) is 0 Å². The highest BCUT2D eigenvalue weighted by atomic mass is 16.5. The van der Waals surface area contributed by atoms with E-state index < -0.39 is 0 Å². The minimum atomic E-state index is -0.226. The van der Waals surface area contributed by atoms with Crippen molar-refractivity contribution in [3.8, 4) is 5.75 Å². The second-order valence-electron chi connectivity index (χ2n) is 4.41. The number of amides is 1. The predicted octanol–water partition coefficient (Wildman–Crippen LogP) is 2.69. The molecule has 0 unspecified atom stereocenters. The molecule has 0 atom stereocenters. The zero-order chi connectivity index (χ0) is 15.1. The van der Waals surface area contributed by atoms with Gasteiger partial charge in [-0.05, 0) is 36.4 Å². The molecule has 5 heteroatoms. The lowest BCUT2D eigenvalue weighted by Gasteiger charge is -2.04. The number of hydrogen-bond acceptors (Lipinski definition) is 4. The van der Waals surface area contributed by atoms with Gasteiger partial charge >= 0.3 is 0 Å². The van der Waals surface area contributed by atoms with Crippen LogP contribution < -0.4 is 10.1 Å². The smallest absolute Gasteiger partial charge is 0.225 e. The molecule has 1 heterocycles. The van der Waals surface area contributed by atoms with E-state index >= 15 is 0 Å². The molecule has 0 aliphatic heterocycles. The maximum absolute atomic E-state index is 12.0. The number of methoxy groups -OCH3 is 1. The molecule has 1 amide bonds. The van der Waals surface area contributed by atoms with Crippen molar-refractivity contribution in [2.75, 3.05) is 12.4 Å². The Morgan fingerprint density at radius 3 is 2.48 bits per heavy atom. The lowest BCUT2D eigenvalue weighted by atomic mass is 10.1. The van der Waals surface area contributed by atoms with E-state index in [0.717, 1.165) is 0 Å². The summed E-state index contributed by atoms with van der Waals surface area (Å²) in [6.45, 7) is 0. The van der Waals surface area contributed by atoms with Crippen molar-refractivity contribution in [2.45, 2.75) is 12.8 Å². The quantitative estimate of drug-likeness (QED) is 0.828. The first-order chi connectivity index (χ1) is 10.2. The maximum Gasteiger partial charge on any atom is 0.225 e. The number of rotatable bonds is 6. The molecular weight excluding hydrogens is 268 g/mol. The van der Waals surface area contributed by atoms with Gasteiger partial charge in [-0.15, -0.1) is 0 Å². The van der Waals surface area contributed by atoms with Crippen molar-refractivity contribution < 1.29 is 14.3 Å². The van der Waals surface area contributed by atoms with Crippen molar-refractivity contribution in [2.24, 2.45) is 0 Å². The van der Waals surface area contributed by atoms with Crippen LogP contribution in [-0.2, 0) is 4.79 Å². The van der Waals surface area contributed by atoms with E-state index in [4.69, 9.17) is 4.74 Å². The first-order valence-electron chi connectivity index (χ1n) is 6.57. The number of hydrogen-bond donors (Lipinski definition) is 1. The lowest BCUT2D eigenvalue weighted by Crippen LogP contribution is -2.14. The molecule has 0 spiro atoms. The summed E-state index contributed by atoms with van der Waals surface area (Å²) in [5, 5.41) is 2.64. The van der Waals surface area contributed by atoms with Gasteiger partial charge in [0.1, 0.15) is 11.6 Å². The van der Waals surface area contributed by atoms with Gasteiger partial charge in [-0.1, -0.05) is 6.07 Å². The van der Waals surface area contributed by atoms with E-state index in [0.29, 0.717) is 17.1 Å².